The Morgan fingerprint density at radius 1 is 1.00 bits per heavy atom. The van der Waals surface area contributed by atoms with Crippen molar-refractivity contribution < 1.29 is 27.5 Å². The van der Waals surface area contributed by atoms with Crippen LogP contribution in [0, 0.1) is 0 Å². The number of rotatable bonds is 10. The number of ether oxygens (including phenoxy) is 1. The van der Waals surface area contributed by atoms with E-state index >= 15 is 0 Å². The van der Waals surface area contributed by atoms with Crippen molar-refractivity contribution in [1.82, 2.24) is 15.4 Å². The van der Waals surface area contributed by atoms with Gasteiger partial charge in [0.25, 0.3) is 11.8 Å². The van der Waals surface area contributed by atoms with Crippen molar-refractivity contribution in [3.05, 3.63) is 59.2 Å². The van der Waals surface area contributed by atoms with Crippen molar-refractivity contribution in [3.63, 3.8) is 0 Å². The van der Waals surface area contributed by atoms with Gasteiger partial charge in [-0.15, -0.1) is 0 Å². The summed E-state index contributed by atoms with van der Waals surface area (Å²) in [4.78, 5) is 35.1. The van der Waals surface area contributed by atoms with E-state index in [-0.39, 0.29) is 35.3 Å². The molecular formula is C21H24N4O6S. The summed E-state index contributed by atoms with van der Waals surface area (Å²) in [6.07, 6.45) is 1.57. The first-order valence-electron chi connectivity index (χ1n) is 9.83. The molecule has 1 aliphatic rings. The Morgan fingerprint density at radius 2 is 1.62 bits per heavy atom. The van der Waals surface area contributed by atoms with E-state index < -0.39 is 27.7 Å². The lowest BCUT2D eigenvalue weighted by Crippen LogP contribution is -2.33. The zero-order chi connectivity index (χ0) is 23.3. The Morgan fingerprint density at radius 3 is 2.22 bits per heavy atom. The topological polar surface area (TPSA) is 157 Å². The van der Waals surface area contributed by atoms with Crippen LogP contribution in [0.15, 0.2) is 47.4 Å². The number of carbonyl (C=O) groups is 3. The second-order valence-corrected chi connectivity index (χ2v) is 8.97. The third kappa shape index (κ3) is 6.05. The molecule has 11 heteroatoms. The summed E-state index contributed by atoms with van der Waals surface area (Å²) >= 11 is 0. The number of benzene rings is 2. The summed E-state index contributed by atoms with van der Waals surface area (Å²) in [7, 11) is -2.44. The zero-order valence-corrected chi connectivity index (χ0v) is 18.2. The van der Waals surface area contributed by atoms with E-state index in [0.29, 0.717) is 5.56 Å². The van der Waals surface area contributed by atoms with Gasteiger partial charge < -0.3 is 21.1 Å². The molecule has 0 bridgehead atoms. The molecule has 0 atom stereocenters. The number of carbonyl (C=O) groups excluding carboxylic acids is 3. The highest BCUT2D eigenvalue weighted by Crippen LogP contribution is 2.28. The van der Waals surface area contributed by atoms with Gasteiger partial charge in [0.1, 0.15) is 10.6 Å². The Bertz CT molecular complexity index is 1130. The molecule has 0 saturated heterocycles. The Hall–Kier alpha value is -3.44. The van der Waals surface area contributed by atoms with Crippen LogP contribution in [0.5, 0.6) is 5.75 Å². The van der Waals surface area contributed by atoms with Crippen LogP contribution in [0.4, 0.5) is 0 Å². The Kier molecular flexibility index (Phi) is 7.11. The second-order valence-electron chi connectivity index (χ2n) is 7.29. The Balaban J connectivity index is 1.65. The highest BCUT2D eigenvalue weighted by atomic mass is 32.2. The summed E-state index contributed by atoms with van der Waals surface area (Å²) in [6.45, 7) is -0.0944. The maximum atomic E-state index is 12.6. The number of primary amides is 1. The smallest absolute Gasteiger partial charge is 0.251 e. The maximum absolute atomic E-state index is 12.6. The minimum Gasteiger partial charge on any atom is -0.495 e. The molecule has 2 aromatic carbocycles. The normalized spacial score (nSPS) is 13.3. The van der Waals surface area contributed by atoms with Gasteiger partial charge in [-0.2, -0.15) is 0 Å². The fraction of sp³-hybridized carbons (Fsp3) is 0.286. The molecule has 0 aliphatic heterocycles. The quantitative estimate of drug-likeness (QED) is 0.399. The molecule has 0 aromatic heterocycles. The van der Waals surface area contributed by atoms with Gasteiger partial charge in [0.15, 0.2) is 0 Å². The van der Waals surface area contributed by atoms with Crippen LogP contribution in [0.2, 0.25) is 0 Å². The van der Waals surface area contributed by atoms with Crippen molar-refractivity contribution in [2.75, 3.05) is 13.7 Å². The number of nitrogens with one attached hydrogen (secondary N) is 3. The molecule has 1 fully saturated rings. The van der Waals surface area contributed by atoms with E-state index in [1.807, 2.05) is 0 Å². The van der Waals surface area contributed by atoms with Crippen LogP contribution < -0.4 is 25.8 Å². The highest BCUT2D eigenvalue weighted by Gasteiger charge is 2.30. The van der Waals surface area contributed by atoms with E-state index in [0.717, 1.165) is 18.4 Å². The molecule has 5 N–H and O–H groups in total. The van der Waals surface area contributed by atoms with Gasteiger partial charge >= 0.3 is 0 Å². The fourth-order valence-corrected chi connectivity index (χ4v) is 4.34. The van der Waals surface area contributed by atoms with Crippen molar-refractivity contribution in [2.45, 2.75) is 30.3 Å². The van der Waals surface area contributed by atoms with Crippen LogP contribution >= 0.6 is 0 Å². The van der Waals surface area contributed by atoms with Gasteiger partial charge in [0, 0.05) is 23.7 Å². The molecular weight excluding hydrogens is 436 g/mol. The number of nitrogens with two attached hydrogens (primary N) is 1. The van der Waals surface area contributed by atoms with Gasteiger partial charge in [0.05, 0.1) is 13.7 Å². The molecule has 10 nitrogen and oxygen atoms in total. The monoisotopic (exact) mass is 460 g/mol. The molecule has 1 aliphatic carbocycles. The third-order valence-corrected chi connectivity index (χ3v) is 6.25. The van der Waals surface area contributed by atoms with Crippen LogP contribution in [-0.2, 0) is 21.4 Å². The summed E-state index contributed by atoms with van der Waals surface area (Å²) in [5.41, 5.74) is 6.23. The average Bonchev–Trinajstić information content (AvgIpc) is 3.59. The largest absolute Gasteiger partial charge is 0.495 e. The molecule has 0 unspecified atom stereocenters. The number of hydrogen-bond acceptors (Lipinski definition) is 6. The minimum atomic E-state index is -3.81. The maximum Gasteiger partial charge on any atom is 0.251 e. The SMILES string of the molecule is COc1ccc(C(=O)NCc2ccc(C(=O)NCC(N)=O)cc2)cc1S(=O)(=O)NC1CC1. The fourth-order valence-electron chi connectivity index (χ4n) is 2.84. The first kappa shape index (κ1) is 23.2. The van der Waals surface area contributed by atoms with Gasteiger partial charge in [0.2, 0.25) is 15.9 Å². The predicted molar refractivity (Wildman–Crippen MR) is 115 cm³/mol. The summed E-state index contributed by atoms with van der Waals surface area (Å²) in [5, 5.41) is 5.10. The molecule has 0 radical (unpaired) electrons. The van der Waals surface area contributed by atoms with Crippen LogP contribution in [0.3, 0.4) is 0 Å². The van der Waals surface area contributed by atoms with Crippen LogP contribution in [0.25, 0.3) is 0 Å². The summed E-state index contributed by atoms with van der Waals surface area (Å²) in [6, 6.07) is 10.5. The first-order chi connectivity index (χ1) is 15.2. The van der Waals surface area contributed by atoms with E-state index in [4.69, 9.17) is 10.5 Å². The summed E-state index contributed by atoms with van der Waals surface area (Å²) in [5.74, 6) is -1.39. The minimum absolute atomic E-state index is 0.0805. The molecule has 170 valence electrons. The molecule has 2 aromatic rings. The molecule has 0 spiro atoms. The van der Waals surface area contributed by atoms with E-state index in [2.05, 4.69) is 15.4 Å². The lowest BCUT2D eigenvalue weighted by atomic mass is 10.1. The van der Waals surface area contributed by atoms with E-state index in [1.54, 1.807) is 24.3 Å². The number of methoxy groups -OCH3 is 1. The highest BCUT2D eigenvalue weighted by molar-refractivity contribution is 7.89. The lowest BCUT2D eigenvalue weighted by molar-refractivity contribution is -0.117. The standard InChI is InChI=1S/C21H24N4O6S/c1-31-17-9-6-15(10-18(17)32(29,30)25-16-7-8-16)21(28)23-11-13-2-4-14(5-3-13)20(27)24-12-19(22)26/h2-6,9-10,16,25H,7-8,11-12H2,1H3,(H2,22,26)(H,23,28)(H,24,27). The molecule has 1 saturated carbocycles. The number of sulfonamides is 1. The molecule has 0 heterocycles. The zero-order valence-electron chi connectivity index (χ0n) is 17.4. The van der Waals surface area contributed by atoms with Crippen molar-refractivity contribution in [2.24, 2.45) is 5.73 Å². The van der Waals surface area contributed by atoms with Crippen LogP contribution in [-0.4, -0.2) is 45.8 Å². The van der Waals surface area contributed by atoms with Gasteiger partial charge in [-0.05, 0) is 48.7 Å². The average molecular weight is 461 g/mol. The molecule has 3 amide bonds. The number of amides is 3. The van der Waals surface area contributed by atoms with Crippen molar-refractivity contribution >= 4 is 27.7 Å². The van der Waals surface area contributed by atoms with Crippen molar-refractivity contribution in [1.29, 1.82) is 0 Å². The number of hydrogen-bond donors (Lipinski definition) is 4. The van der Waals surface area contributed by atoms with E-state index in [9.17, 15) is 22.8 Å². The lowest BCUT2D eigenvalue weighted by Gasteiger charge is -2.12. The first-order valence-corrected chi connectivity index (χ1v) is 11.3. The third-order valence-electron chi connectivity index (χ3n) is 4.71. The van der Waals surface area contributed by atoms with E-state index in [1.165, 1.54) is 25.3 Å². The van der Waals surface area contributed by atoms with Gasteiger partial charge in [-0.1, -0.05) is 12.1 Å². The van der Waals surface area contributed by atoms with Gasteiger partial charge in [-0.3, -0.25) is 14.4 Å². The predicted octanol–water partition coefficient (Wildman–Crippen LogP) is 0.281. The summed E-state index contributed by atoms with van der Waals surface area (Å²) < 4.78 is 32.9. The second kappa shape index (κ2) is 9.79. The Labute approximate surface area is 185 Å². The van der Waals surface area contributed by atoms with Crippen molar-refractivity contribution in [3.8, 4) is 5.75 Å². The van der Waals surface area contributed by atoms with Gasteiger partial charge in [-0.25, -0.2) is 13.1 Å². The molecule has 3 rings (SSSR count). The molecule has 32 heavy (non-hydrogen) atoms. The van der Waals surface area contributed by atoms with Crippen LogP contribution in [0.1, 0.15) is 39.1 Å².